The molecule has 2 aromatic rings. The van der Waals surface area contributed by atoms with Gasteiger partial charge in [0.25, 0.3) is 5.91 Å². The zero-order chi connectivity index (χ0) is 14.8. The van der Waals surface area contributed by atoms with Crippen LogP contribution in [0.3, 0.4) is 0 Å². The van der Waals surface area contributed by atoms with Crippen molar-refractivity contribution in [3.63, 3.8) is 0 Å². The first-order valence-corrected chi connectivity index (χ1v) is 6.93. The monoisotopic (exact) mass is 290 g/mol. The van der Waals surface area contributed by atoms with Gasteiger partial charge >= 0.3 is 0 Å². The zero-order valence-electron chi connectivity index (χ0n) is 12.0. The van der Waals surface area contributed by atoms with Gasteiger partial charge in [0.05, 0.1) is 0 Å². The SMILES string of the molecule is Cn1cccc1C(=O)NCC(C)(C)c1cccc(Cl)c1. The van der Waals surface area contributed by atoms with Crippen molar-refractivity contribution < 1.29 is 4.79 Å². The Hall–Kier alpha value is -1.74. The molecule has 4 heteroatoms. The predicted molar refractivity (Wildman–Crippen MR) is 82.2 cm³/mol. The third-order valence-corrected chi connectivity index (χ3v) is 3.71. The molecule has 0 unspecified atom stereocenters. The summed E-state index contributed by atoms with van der Waals surface area (Å²) in [6.45, 7) is 4.73. The van der Waals surface area contributed by atoms with Crippen LogP contribution in [0, 0.1) is 0 Å². The Labute approximate surface area is 124 Å². The van der Waals surface area contributed by atoms with Crippen LogP contribution in [0.15, 0.2) is 42.6 Å². The molecule has 0 aliphatic heterocycles. The summed E-state index contributed by atoms with van der Waals surface area (Å²) in [5.41, 5.74) is 1.59. The maximum atomic E-state index is 12.1. The van der Waals surface area contributed by atoms with Gasteiger partial charge in [0.2, 0.25) is 0 Å². The van der Waals surface area contributed by atoms with Crippen LogP contribution in [0.5, 0.6) is 0 Å². The molecule has 0 fully saturated rings. The minimum atomic E-state index is -0.175. The summed E-state index contributed by atoms with van der Waals surface area (Å²) in [7, 11) is 1.86. The average molecular weight is 291 g/mol. The van der Waals surface area contributed by atoms with E-state index in [1.54, 1.807) is 0 Å². The van der Waals surface area contributed by atoms with Gasteiger partial charge < -0.3 is 9.88 Å². The van der Waals surface area contributed by atoms with Gasteiger partial charge in [-0.25, -0.2) is 0 Å². The molecule has 20 heavy (non-hydrogen) atoms. The number of halogens is 1. The molecule has 3 nitrogen and oxygen atoms in total. The number of amides is 1. The molecule has 0 atom stereocenters. The lowest BCUT2D eigenvalue weighted by atomic mass is 9.84. The fourth-order valence-electron chi connectivity index (χ4n) is 2.10. The first kappa shape index (κ1) is 14.7. The molecule has 1 amide bonds. The Kier molecular flexibility index (Phi) is 4.19. The summed E-state index contributed by atoms with van der Waals surface area (Å²) >= 11 is 6.02. The molecule has 2 rings (SSSR count). The largest absolute Gasteiger partial charge is 0.350 e. The van der Waals surface area contributed by atoms with Crippen LogP contribution in [-0.4, -0.2) is 17.0 Å². The molecule has 0 radical (unpaired) electrons. The van der Waals surface area contributed by atoms with Gasteiger partial charge in [0, 0.05) is 30.2 Å². The van der Waals surface area contributed by atoms with E-state index in [1.807, 2.05) is 54.2 Å². The maximum absolute atomic E-state index is 12.1. The van der Waals surface area contributed by atoms with Crippen LogP contribution in [0.2, 0.25) is 5.02 Å². The molecule has 0 aliphatic carbocycles. The smallest absolute Gasteiger partial charge is 0.267 e. The van der Waals surface area contributed by atoms with Crippen LogP contribution >= 0.6 is 11.6 Å². The fraction of sp³-hybridized carbons (Fsp3) is 0.312. The molecule has 0 saturated carbocycles. The van der Waals surface area contributed by atoms with E-state index in [-0.39, 0.29) is 11.3 Å². The van der Waals surface area contributed by atoms with Crippen molar-refractivity contribution in [3.8, 4) is 0 Å². The summed E-state index contributed by atoms with van der Waals surface area (Å²) in [5, 5.41) is 3.69. The Bertz CT molecular complexity index is 616. The van der Waals surface area contributed by atoms with Crippen molar-refractivity contribution in [1.29, 1.82) is 0 Å². The summed E-state index contributed by atoms with van der Waals surface area (Å²) in [4.78, 5) is 12.1. The molecule has 0 bridgehead atoms. The minimum absolute atomic E-state index is 0.0624. The second-order valence-corrected chi connectivity index (χ2v) is 6.02. The summed E-state index contributed by atoms with van der Waals surface area (Å²) in [6, 6.07) is 11.4. The normalized spacial score (nSPS) is 11.4. The number of hydrogen-bond acceptors (Lipinski definition) is 1. The van der Waals surface area contributed by atoms with Crippen LogP contribution in [-0.2, 0) is 12.5 Å². The predicted octanol–water partition coefficient (Wildman–Crippen LogP) is 3.39. The highest BCUT2D eigenvalue weighted by Crippen LogP contribution is 2.24. The molecule has 0 aliphatic rings. The van der Waals surface area contributed by atoms with Crippen LogP contribution < -0.4 is 5.32 Å². The topological polar surface area (TPSA) is 34.0 Å². The molecule has 1 aromatic heterocycles. The number of rotatable bonds is 4. The Morgan fingerprint density at radius 2 is 2.05 bits per heavy atom. The highest BCUT2D eigenvalue weighted by atomic mass is 35.5. The van der Waals surface area contributed by atoms with Gasteiger partial charge in [-0.15, -0.1) is 0 Å². The fourth-order valence-corrected chi connectivity index (χ4v) is 2.29. The molecular weight excluding hydrogens is 272 g/mol. The van der Waals surface area contributed by atoms with Gasteiger partial charge in [-0.1, -0.05) is 37.6 Å². The molecule has 1 aromatic carbocycles. The van der Waals surface area contributed by atoms with Crippen molar-refractivity contribution in [2.45, 2.75) is 19.3 Å². The molecule has 0 saturated heterocycles. The van der Waals surface area contributed by atoms with Crippen molar-refractivity contribution in [2.24, 2.45) is 7.05 Å². The maximum Gasteiger partial charge on any atom is 0.267 e. The van der Waals surface area contributed by atoms with Crippen molar-refractivity contribution in [2.75, 3.05) is 6.54 Å². The highest BCUT2D eigenvalue weighted by Gasteiger charge is 2.22. The third kappa shape index (κ3) is 3.23. The van der Waals surface area contributed by atoms with Crippen LogP contribution in [0.25, 0.3) is 0 Å². The third-order valence-electron chi connectivity index (χ3n) is 3.47. The number of nitrogens with zero attached hydrogens (tertiary/aromatic N) is 1. The first-order valence-electron chi connectivity index (χ1n) is 6.56. The molecule has 1 heterocycles. The average Bonchev–Trinajstić information content (AvgIpc) is 2.82. The number of benzene rings is 1. The van der Waals surface area contributed by atoms with Gasteiger partial charge in [-0.2, -0.15) is 0 Å². The summed E-state index contributed by atoms with van der Waals surface area (Å²) < 4.78 is 1.81. The molecular formula is C16H19ClN2O. The standard InChI is InChI=1S/C16H19ClN2O/c1-16(2,12-6-4-7-13(17)10-12)11-18-15(20)14-8-5-9-19(14)3/h4-10H,11H2,1-3H3,(H,18,20). The van der Waals surface area contributed by atoms with Crippen molar-refractivity contribution >= 4 is 17.5 Å². The van der Waals surface area contributed by atoms with Crippen LogP contribution in [0.4, 0.5) is 0 Å². The quantitative estimate of drug-likeness (QED) is 0.920. The van der Waals surface area contributed by atoms with E-state index >= 15 is 0 Å². The lowest BCUT2D eigenvalue weighted by Crippen LogP contribution is -2.37. The van der Waals surface area contributed by atoms with E-state index in [0.717, 1.165) is 5.56 Å². The molecule has 0 spiro atoms. The van der Waals surface area contributed by atoms with Gasteiger partial charge in [-0.05, 0) is 29.8 Å². The van der Waals surface area contributed by atoms with Crippen LogP contribution in [0.1, 0.15) is 29.9 Å². The van der Waals surface area contributed by atoms with E-state index in [2.05, 4.69) is 19.2 Å². The number of hydrogen-bond donors (Lipinski definition) is 1. The lowest BCUT2D eigenvalue weighted by Gasteiger charge is -2.26. The zero-order valence-corrected chi connectivity index (χ0v) is 12.7. The number of carbonyl (C=O) groups is 1. The summed E-state index contributed by atoms with van der Waals surface area (Å²) in [5.74, 6) is -0.0624. The second kappa shape index (κ2) is 5.71. The van der Waals surface area contributed by atoms with E-state index in [9.17, 15) is 4.79 Å². The van der Waals surface area contributed by atoms with E-state index in [1.165, 1.54) is 0 Å². The summed E-state index contributed by atoms with van der Waals surface area (Å²) in [6.07, 6.45) is 1.86. The van der Waals surface area contributed by atoms with Gasteiger partial charge in [0.1, 0.15) is 5.69 Å². The highest BCUT2D eigenvalue weighted by molar-refractivity contribution is 6.30. The first-order chi connectivity index (χ1) is 9.40. The van der Waals surface area contributed by atoms with E-state index in [0.29, 0.717) is 17.3 Å². The van der Waals surface area contributed by atoms with Crippen molar-refractivity contribution in [3.05, 3.63) is 58.9 Å². The number of nitrogens with one attached hydrogen (secondary N) is 1. The van der Waals surface area contributed by atoms with E-state index < -0.39 is 0 Å². The Morgan fingerprint density at radius 1 is 1.30 bits per heavy atom. The second-order valence-electron chi connectivity index (χ2n) is 5.58. The Morgan fingerprint density at radius 3 is 2.65 bits per heavy atom. The minimum Gasteiger partial charge on any atom is -0.350 e. The van der Waals surface area contributed by atoms with E-state index in [4.69, 9.17) is 11.6 Å². The van der Waals surface area contributed by atoms with Gasteiger partial charge in [-0.3, -0.25) is 4.79 Å². The lowest BCUT2D eigenvalue weighted by molar-refractivity contribution is 0.0937. The Balaban J connectivity index is 2.06. The molecule has 106 valence electrons. The number of aryl methyl sites for hydroxylation is 1. The van der Waals surface area contributed by atoms with Crippen molar-refractivity contribution in [1.82, 2.24) is 9.88 Å². The number of carbonyl (C=O) groups excluding carboxylic acids is 1. The molecule has 1 N–H and O–H groups in total. The number of aromatic nitrogens is 1. The van der Waals surface area contributed by atoms with Gasteiger partial charge in [0.15, 0.2) is 0 Å².